The molecular formula is C19H22FNO4S. The van der Waals surface area contributed by atoms with E-state index in [1.807, 2.05) is 30.3 Å². The highest BCUT2D eigenvalue weighted by molar-refractivity contribution is 7.85. The zero-order valence-corrected chi connectivity index (χ0v) is 15.1. The minimum absolute atomic E-state index is 0.165. The lowest BCUT2D eigenvalue weighted by atomic mass is 9.87. The molecule has 0 amide bonds. The van der Waals surface area contributed by atoms with Crippen LogP contribution in [-0.4, -0.2) is 36.8 Å². The molecule has 0 spiro atoms. The van der Waals surface area contributed by atoms with Crippen molar-refractivity contribution in [3.8, 4) is 5.75 Å². The van der Waals surface area contributed by atoms with Crippen LogP contribution in [0.25, 0.3) is 0 Å². The van der Waals surface area contributed by atoms with Gasteiger partial charge in [0.15, 0.2) is 0 Å². The molecule has 7 heteroatoms. The van der Waals surface area contributed by atoms with Crippen molar-refractivity contribution in [2.75, 3.05) is 19.0 Å². The molecule has 0 bridgehead atoms. The van der Waals surface area contributed by atoms with Crippen LogP contribution in [0.3, 0.4) is 0 Å². The molecule has 1 heterocycles. The van der Waals surface area contributed by atoms with Gasteiger partial charge in [-0.1, -0.05) is 36.4 Å². The summed E-state index contributed by atoms with van der Waals surface area (Å²) in [6, 6.07) is 15.8. The van der Waals surface area contributed by atoms with E-state index in [1.54, 1.807) is 17.0 Å². The average molecular weight is 379 g/mol. The summed E-state index contributed by atoms with van der Waals surface area (Å²) >= 11 is 0. The highest BCUT2D eigenvalue weighted by Crippen LogP contribution is 2.35. The van der Waals surface area contributed by atoms with Gasteiger partial charge in [0, 0.05) is 12.0 Å². The number of piperidine rings is 1. The molecule has 26 heavy (non-hydrogen) atoms. The van der Waals surface area contributed by atoms with Crippen LogP contribution in [0.15, 0.2) is 54.6 Å². The van der Waals surface area contributed by atoms with Gasteiger partial charge in [0.2, 0.25) is 0 Å². The van der Waals surface area contributed by atoms with Crippen LogP contribution < -0.4 is 4.74 Å². The van der Waals surface area contributed by atoms with Crippen molar-refractivity contribution in [2.24, 2.45) is 5.92 Å². The zero-order valence-electron chi connectivity index (χ0n) is 14.3. The molecule has 1 saturated heterocycles. The van der Waals surface area contributed by atoms with Gasteiger partial charge in [-0.2, -0.15) is 8.42 Å². The molecule has 2 aromatic carbocycles. The molecule has 1 fully saturated rings. The van der Waals surface area contributed by atoms with E-state index in [0.717, 1.165) is 18.4 Å². The molecule has 5 nitrogen and oxygen atoms in total. The first-order valence-corrected chi connectivity index (χ1v) is 10.2. The van der Waals surface area contributed by atoms with E-state index in [4.69, 9.17) is 9.29 Å². The largest absolute Gasteiger partial charge is 0.485 e. The lowest BCUT2D eigenvalue weighted by Crippen LogP contribution is -2.39. The zero-order chi connectivity index (χ0) is 18.6. The minimum Gasteiger partial charge on any atom is -0.485 e. The Balaban J connectivity index is 1.74. The molecule has 3 rings (SSSR count). The molecule has 2 aromatic rings. The highest BCUT2D eigenvalue weighted by Gasteiger charge is 2.30. The predicted molar refractivity (Wildman–Crippen MR) is 96.9 cm³/mol. The first-order chi connectivity index (χ1) is 12.4. The second-order valence-corrected chi connectivity index (χ2v) is 8.00. The van der Waals surface area contributed by atoms with Gasteiger partial charge >= 0.3 is 0 Å². The summed E-state index contributed by atoms with van der Waals surface area (Å²) in [5, 5.41) is 0. The maximum Gasteiger partial charge on any atom is 0.278 e. The first-order valence-electron chi connectivity index (χ1n) is 8.55. The Morgan fingerprint density at radius 1 is 1.12 bits per heavy atom. The number of hydrogen-bond acceptors (Lipinski definition) is 4. The van der Waals surface area contributed by atoms with E-state index in [-0.39, 0.29) is 23.7 Å². The van der Waals surface area contributed by atoms with Gasteiger partial charge in [-0.25, -0.2) is 4.39 Å². The average Bonchev–Trinajstić information content (AvgIpc) is 2.60. The third kappa shape index (κ3) is 5.27. The van der Waals surface area contributed by atoms with Crippen LogP contribution in [0.1, 0.15) is 24.5 Å². The van der Waals surface area contributed by atoms with Crippen LogP contribution in [-0.2, 0) is 10.1 Å². The Morgan fingerprint density at radius 2 is 1.81 bits per heavy atom. The van der Waals surface area contributed by atoms with Gasteiger partial charge in [0.1, 0.15) is 23.5 Å². The summed E-state index contributed by atoms with van der Waals surface area (Å²) in [7, 11) is -4.01. The summed E-state index contributed by atoms with van der Waals surface area (Å²) < 4.78 is 50.8. The smallest absolute Gasteiger partial charge is 0.278 e. The summed E-state index contributed by atoms with van der Waals surface area (Å²) in [6.45, 7) is 1.11. The standard InChI is InChI=1S/C19H22FNO4S/c20-17-7-4-8-18(13-17)25-19(15-5-2-1-3-6-15)16-9-11-21(12-10-16)14-26(22,23)24/h1-8,13,16,19H,9-12,14H2,(H,22,23,24)/t19-/m1/s1. The topological polar surface area (TPSA) is 66.8 Å². The molecule has 1 aliphatic rings. The molecule has 0 aromatic heterocycles. The summed E-state index contributed by atoms with van der Waals surface area (Å²) in [4.78, 5) is 1.72. The SMILES string of the molecule is O=S(=O)(O)CN1CCC([C@H](Oc2cccc(F)c2)c2ccccc2)CC1. The fraction of sp³-hybridized carbons (Fsp3) is 0.368. The number of ether oxygens (including phenoxy) is 1. The fourth-order valence-corrected chi connectivity index (χ4v) is 4.10. The van der Waals surface area contributed by atoms with Gasteiger partial charge in [-0.15, -0.1) is 0 Å². The number of likely N-dealkylation sites (tertiary alicyclic amines) is 1. The molecule has 1 atom stereocenters. The number of halogens is 1. The minimum atomic E-state index is -4.01. The Kier molecular flexibility index (Phi) is 5.90. The van der Waals surface area contributed by atoms with Gasteiger partial charge in [-0.05, 0) is 43.6 Å². The highest BCUT2D eigenvalue weighted by atomic mass is 32.2. The number of nitrogens with zero attached hydrogens (tertiary/aromatic N) is 1. The fourth-order valence-electron chi connectivity index (χ4n) is 3.38. The Labute approximate surface area is 153 Å². The van der Waals surface area contributed by atoms with E-state index in [9.17, 15) is 12.8 Å². The van der Waals surface area contributed by atoms with Crippen LogP contribution in [0, 0.1) is 11.7 Å². The van der Waals surface area contributed by atoms with Crippen molar-refractivity contribution >= 4 is 10.1 Å². The van der Waals surface area contributed by atoms with E-state index < -0.39 is 10.1 Å². The van der Waals surface area contributed by atoms with Crippen LogP contribution >= 0.6 is 0 Å². The quantitative estimate of drug-likeness (QED) is 0.778. The second kappa shape index (κ2) is 8.16. The summed E-state index contributed by atoms with van der Waals surface area (Å²) in [6.07, 6.45) is 1.21. The van der Waals surface area contributed by atoms with Crippen LogP contribution in [0.4, 0.5) is 4.39 Å². The third-order valence-electron chi connectivity index (χ3n) is 4.59. The molecule has 1 N–H and O–H groups in total. The Hall–Kier alpha value is -1.96. The number of benzene rings is 2. The van der Waals surface area contributed by atoms with Crippen LogP contribution in [0.5, 0.6) is 5.75 Å². The third-order valence-corrected chi connectivity index (χ3v) is 5.28. The molecular weight excluding hydrogens is 357 g/mol. The molecule has 0 saturated carbocycles. The number of rotatable bonds is 6. The number of hydrogen-bond donors (Lipinski definition) is 1. The van der Waals surface area contributed by atoms with E-state index in [0.29, 0.717) is 18.8 Å². The summed E-state index contributed by atoms with van der Waals surface area (Å²) in [5.74, 6) is -0.0599. The second-order valence-electron chi connectivity index (χ2n) is 6.57. The van der Waals surface area contributed by atoms with Crippen molar-refractivity contribution in [1.29, 1.82) is 0 Å². The molecule has 1 aliphatic heterocycles. The summed E-state index contributed by atoms with van der Waals surface area (Å²) in [5.41, 5.74) is 1.00. The van der Waals surface area contributed by atoms with Gasteiger partial charge in [-0.3, -0.25) is 9.45 Å². The van der Waals surface area contributed by atoms with Gasteiger partial charge in [0.05, 0.1) is 0 Å². The maximum absolute atomic E-state index is 13.5. The Morgan fingerprint density at radius 3 is 2.42 bits per heavy atom. The molecule has 0 aliphatic carbocycles. The van der Waals surface area contributed by atoms with E-state index >= 15 is 0 Å². The van der Waals surface area contributed by atoms with E-state index in [1.165, 1.54) is 12.1 Å². The lowest BCUT2D eigenvalue weighted by Gasteiger charge is -2.35. The van der Waals surface area contributed by atoms with E-state index in [2.05, 4.69) is 0 Å². The lowest BCUT2D eigenvalue weighted by molar-refractivity contribution is 0.0817. The van der Waals surface area contributed by atoms with Crippen LogP contribution in [0.2, 0.25) is 0 Å². The Bertz CT molecular complexity index is 820. The van der Waals surface area contributed by atoms with Crippen molar-refractivity contribution in [3.63, 3.8) is 0 Å². The predicted octanol–water partition coefficient (Wildman–Crippen LogP) is 3.50. The molecule has 0 unspecified atom stereocenters. The van der Waals surface area contributed by atoms with Crippen molar-refractivity contribution in [3.05, 3.63) is 66.0 Å². The maximum atomic E-state index is 13.5. The van der Waals surface area contributed by atoms with Gasteiger partial charge in [0.25, 0.3) is 10.1 Å². The van der Waals surface area contributed by atoms with Gasteiger partial charge < -0.3 is 4.74 Å². The molecule has 140 valence electrons. The monoisotopic (exact) mass is 379 g/mol. The van der Waals surface area contributed by atoms with Crippen molar-refractivity contribution < 1.29 is 22.1 Å². The molecule has 0 radical (unpaired) electrons. The van der Waals surface area contributed by atoms with Crippen molar-refractivity contribution in [2.45, 2.75) is 18.9 Å². The first kappa shape index (κ1) is 18.8. The normalized spacial score (nSPS) is 17.8. The van der Waals surface area contributed by atoms with Crippen molar-refractivity contribution in [1.82, 2.24) is 4.90 Å².